The fourth-order valence-electron chi connectivity index (χ4n) is 3.14. The zero-order valence-corrected chi connectivity index (χ0v) is 16.6. The summed E-state index contributed by atoms with van der Waals surface area (Å²) in [5, 5.41) is 13.3. The van der Waals surface area contributed by atoms with Crippen molar-refractivity contribution in [3.05, 3.63) is 47.7 Å². The Labute approximate surface area is 165 Å². The maximum absolute atomic E-state index is 12.2. The molecule has 3 rings (SSSR count). The Morgan fingerprint density at radius 2 is 1.89 bits per heavy atom. The molecule has 1 aromatic carbocycles. The highest BCUT2D eigenvalue weighted by atomic mass is 16.6. The molecule has 7 heteroatoms. The Bertz CT molecular complexity index is 838. The van der Waals surface area contributed by atoms with Gasteiger partial charge in [-0.05, 0) is 51.3 Å². The van der Waals surface area contributed by atoms with Crippen molar-refractivity contribution in [2.45, 2.75) is 51.9 Å². The maximum atomic E-state index is 12.2. The molecule has 2 aromatic rings. The van der Waals surface area contributed by atoms with Crippen LogP contribution < -0.4 is 4.74 Å². The largest absolute Gasteiger partial charge is 0.473 e. The lowest BCUT2D eigenvalue weighted by atomic mass is 10.1. The van der Waals surface area contributed by atoms with Crippen molar-refractivity contribution in [2.75, 3.05) is 13.1 Å². The zero-order chi connectivity index (χ0) is 20.1. The molecule has 0 unspecified atom stereocenters. The predicted octanol–water partition coefficient (Wildman–Crippen LogP) is 3.91. The van der Waals surface area contributed by atoms with Crippen molar-refractivity contribution in [1.29, 1.82) is 5.26 Å². The summed E-state index contributed by atoms with van der Waals surface area (Å²) in [6, 6.07) is 11.5. The number of hydrogen-bond acceptors (Lipinski definition) is 5. The number of nitrogens with zero attached hydrogens (tertiary/aromatic N) is 4. The van der Waals surface area contributed by atoms with Gasteiger partial charge in [0.25, 0.3) is 0 Å². The molecule has 2 heterocycles. The normalized spacial score (nSPS) is 15.1. The Morgan fingerprint density at radius 1 is 1.21 bits per heavy atom. The summed E-state index contributed by atoms with van der Waals surface area (Å²) >= 11 is 0. The fraction of sp³-hybridized carbons (Fsp3) is 0.476. The second-order valence-corrected chi connectivity index (χ2v) is 7.91. The highest BCUT2D eigenvalue weighted by molar-refractivity contribution is 5.68. The van der Waals surface area contributed by atoms with E-state index >= 15 is 0 Å². The van der Waals surface area contributed by atoms with Gasteiger partial charge < -0.3 is 14.4 Å². The molecule has 1 saturated heterocycles. The number of carbonyl (C=O) groups is 1. The molecule has 7 nitrogen and oxygen atoms in total. The molecule has 1 aromatic heterocycles. The van der Waals surface area contributed by atoms with E-state index in [1.807, 2.05) is 43.7 Å². The molecule has 28 heavy (non-hydrogen) atoms. The molecule has 0 spiro atoms. The quantitative estimate of drug-likeness (QED) is 0.801. The first-order chi connectivity index (χ1) is 13.4. The van der Waals surface area contributed by atoms with Crippen molar-refractivity contribution < 1.29 is 14.3 Å². The molecule has 0 aliphatic carbocycles. The molecule has 1 fully saturated rings. The monoisotopic (exact) mass is 382 g/mol. The van der Waals surface area contributed by atoms with Crippen LogP contribution in [0.25, 0.3) is 0 Å². The average molecular weight is 382 g/mol. The lowest BCUT2D eigenvalue weighted by molar-refractivity contribution is 0.0182. The Morgan fingerprint density at radius 3 is 2.50 bits per heavy atom. The number of piperidine rings is 1. The molecule has 148 valence electrons. The van der Waals surface area contributed by atoms with Gasteiger partial charge in [0.05, 0.1) is 23.9 Å². The van der Waals surface area contributed by atoms with Crippen LogP contribution in [0.15, 0.2) is 36.5 Å². The summed E-state index contributed by atoms with van der Waals surface area (Å²) in [5.41, 5.74) is 1.14. The van der Waals surface area contributed by atoms with Crippen LogP contribution in [-0.2, 0) is 11.3 Å². The number of benzene rings is 1. The average Bonchev–Trinajstić information content (AvgIpc) is 3.14. The lowest BCUT2D eigenvalue weighted by Gasteiger charge is -2.33. The van der Waals surface area contributed by atoms with Crippen molar-refractivity contribution in [2.24, 2.45) is 0 Å². The molecule has 1 aliphatic rings. The number of nitriles is 1. The van der Waals surface area contributed by atoms with Crippen LogP contribution in [0.5, 0.6) is 5.88 Å². The number of amides is 1. The highest BCUT2D eigenvalue weighted by Gasteiger charge is 2.28. The Kier molecular flexibility index (Phi) is 5.88. The standard InChI is InChI=1S/C21H26N4O3/c1-21(2,3)28-20(26)24-12-9-18(10-13-24)25-19(8-11-23-25)27-15-17-6-4-16(14-22)5-7-17/h4-8,11,18H,9-10,12-13,15H2,1-3H3. The number of likely N-dealkylation sites (tertiary alicyclic amines) is 1. The minimum atomic E-state index is -0.484. The van der Waals surface area contributed by atoms with Gasteiger partial charge in [-0.25, -0.2) is 9.48 Å². The van der Waals surface area contributed by atoms with E-state index in [9.17, 15) is 4.79 Å². The van der Waals surface area contributed by atoms with Gasteiger partial charge in [-0.3, -0.25) is 0 Å². The summed E-state index contributed by atoms with van der Waals surface area (Å²) in [5.74, 6) is 0.708. The van der Waals surface area contributed by atoms with Gasteiger partial charge in [-0.15, -0.1) is 0 Å². The molecule has 0 N–H and O–H groups in total. The second-order valence-electron chi connectivity index (χ2n) is 7.91. The molecular formula is C21H26N4O3. The van der Waals surface area contributed by atoms with E-state index in [2.05, 4.69) is 11.2 Å². The van der Waals surface area contributed by atoms with Crippen LogP contribution in [0, 0.1) is 11.3 Å². The molecule has 0 atom stereocenters. The zero-order valence-electron chi connectivity index (χ0n) is 16.6. The van der Waals surface area contributed by atoms with Gasteiger partial charge in [-0.1, -0.05) is 12.1 Å². The summed E-state index contributed by atoms with van der Waals surface area (Å²) in [7, 11) is 0. The third-order valence-electron chi connectivity index (χ3n) is 4.57. The van der Waals surface area contributed by atoms with Crippen LogP contribution in [0.4, 0.5) is 4.79 Å². The summed E-state index contributed by atoms with van der Waals surface area (Å²) < 4.78 is 13.3. The highest BCUT2D eigenvalue weighted by Crippen LogP contribution is 2.27. The molecule has 0 bridgehead atoms. The summed E-state index contributed by atoms with van der Waals surface area (Å²) in [6.45, 7) is 7.30. The number of rotatable bonds is 4. The third kappa shape index (κ3) is 5.03. The van der Waals surface area contributed by atoms with Gasteiger partial charge in [0, 0.05) is 19.2 Å². The van der Waals surface area contributed by atoms with E-state index in [1.165, 1.54) is 0 Å². The topological polar surface area (TPSA) is 80.4 Å². The van der Waals surface area contributed by atoms with Gasteiger partial charge in [0.2, 0.25) is 5.88 Å². The van der Waals surface area contributed by atoms with Gasteiger partial charge in [0.15, 0.2) is 0 Å². The molecule has 0 saturated carbocycles. The van der Waals surface area contributed by atoms with Gasteiger partial charge in [-0.2, -0.15) is 10.4 Å². The van der Waals surface area contributed by atoms with Crippen molar-refractivity contribution in [3.8, 4) is 11.9 Å². The molecule has 1 aliphatic heterocycles. The van der Waals surface area contributed by atoms with E-state index in [0.29, 0.717) is 31.1 Å². The SMILES string of the molecule is CC(C)(C)OC(=O)N1CCC(n2nccc2OCc2ccc(C#N)cc2)CC1. The van der Waals surface area contributed by atoms with Crippen molar-refractivity contribution >= 4 is 6.09 Å². The minimum Gasteiger partial charge on any atom is -0.473 e. The van der Waals surface area contributed by atoms with Crippen LogP contribution in [0.1, 0.15) is 50.8 Å². The van der Waals surface area contributed by atoms with Gasteiger partial charge in [0.1, 0.15) is 12.2 Å². The molecule has 1 amide bonds. The first kappa shape index (κ1) is 19.7. The lowest BCUT2D eigenvalue weighted by Crippen LogP contribution is -2.42. The van der Waals surface area contributed by atoms with Crippen LogP contribution in [0.2, 0.25) is 0 Å². The van der Waals surface area contributed by atoms with Gasteiger partial charge >= 0.3 is 6.09 Å². The second kappa shape index (κ2) is 8.34. The number of ether oxygens (including phenoxy) is 2. The molecular weight excluding hydrogens is 356 g/mol. The number of hydrogen-bond donors (Lipinski definition) is 0. The minimum absolute atomic E-state index is 0.185. The van der Waals surface area contributed by atoms with Crippen molar-refractivity contribution in [1.82, 2.24) is 14.7 Å². The number of carbonyl (C=O) groups excluding carboxylic acids is 1. The molecule has 0 radical (unpaired) electrons. The van der Waals surface area contributed by atoms with E-state index in [-0.39, 0.29) is 12.1 Å². The van der Waals surface area contributed by atoms with Crippen LogP contribution in [-0.4, -0.2) is 39.5 Å². The van der Waals surface area contributed by atoms with Crippen molar-refractivity contribution in [3.63, 3.8) is 0 Å². The Balaban J connectivity index is 1.55. The van der Waals surface area contributed by atoms with Crippen LogP contribution in [0.3, 0.4) is 0 Å². The smallest absolute Gasteiger partial charge is 0.410 e. The first-order valence-electron chi connectivity index (χ1n) is 9.49. The summed E-state index contributed by atoms with van der Waals surface area (Å²) in [4.78, 5) is 14.0. The Hall–Kier alpha value is -3.01. The first-order valence-corrected chi connectivity index (χ1v) is 9.49. The van der Waals surface area contributed by atoms with E-state index in [1.54, 1.807) is 23.2 Å². The summed E-state index contributed by atoms with van der Waals surface area (Å²) in [6.07, 6.45) is 3.07. The fourth-order valence-corrected chi connectivity index (χ4v) is 3.14. The van der Waals surface area contributed by atoms with Crippen LogP contribution >= 0.6 is 0 Å². The predicted molar refractivity (Wildman–Crippen MR) is 104 cm³/mol. The van der Waals surface area contributed by atoms with E-state index in [4.69, 9.17) is 14.7 Å². The third-order valence-corrected chi connectivity index (χ3v) is 4.57. The maximum Gasteiger partial charge on any atom is 0.410 e. The van der Waals surface area contributed by atoms with E-state index in [0.717, 1.165) is 18.4 Å². The van der Waals surface area contributed by atoms with E-state index < -0.39 is 5.60 Å². The number of aromatic nitrogens is 2.